The summed E-state index contributed by atoms with van der Waals surface area (Å²) in [4.78, 5) is 27.0. The summed E-state index contributed by atoms with van der Waals surface area (Å²) in [5.41, 5.74) is 3.53. The first-order valence-electron chi connectivity index (χ1n) is 13.0. The summed E-state index contributed by atoms with van der Waals surface area (Å²) in [7, 11) is 3.54. The highest BCUT2D eigenvalue weighted by Crippen LogP contribution is 2.24. The zero-order valence-corrected chi connectivity index (χ0v) is 22.1. The SMILES string of the molecule is COC(=O)[C@@H](Nc1nc(CN2CCN(Cc3cn(C)c4ccccc34)CC2)nc2ccccc12)C(C)C. The highest BCUT2D eigenvalue weighted by Gasteiger charge is 2.25. The van der Waals surface area contributed by atoms with Crippen molar-refractivity contribution < 1.29 is 9.53 Å². The van der Waals surface area contributed by atoms with E-state index in [-0.39, 0.29) is 11.9 Å². The van der Waals surface area contributed by atoms with E-state index in [2.05, 4.69) is 57.2 Å². The van der Waals surface area contributed by atoms with Crippen LogP contribution >= 0.6 is 0 Å². The Balaban J connectivity index is 1.28. The Bertz CT molecular complexity index is 1390. The molecule has 1 aliphatic rings. The number of carbonyl (C=O) groups excluding carboxylic acids is 1. The Morgan fingerprint density at radius 2 is 1.59 bits per heavy atom. The van der Waals surface area contributed by atoms with E-state index in [1.165, 1.54) is 23.6 Å². The number of hydrogen-bond donors (Lipinski definition) is 1. The molecule has 1 atom stereocenters. The second kappa shape index (κ2) is 10.9. The maximum atomic E-state index is 12.4. The van der Waals surface area contributed by atoms with Gasteiger partial charge < -0.3 is 14.6 Å². The fraction of sp³-hybridized carbons (Fsp3) is 0.414. The highest BCUT2D eigenvalue weighted by atomic mass is 16.5. The molecule has 0 spiro atoms. The molecule has 8 nitrogen and oxygen atoms in total. The first-order chi connectivity index (χ1) is 17.9. The molecule has 4 aromatic rings. The molecule has 0 amide bonds. The number of para-hydroxylation sites is 2. The normalized spacial score (nSPS) is 15.9. The van der Waals surface area contributed by atoms with Gasteiger partial charge in [-0.1, -0.05) is 44.2 Å². The molecule has 5 rings (SSSR count). The Morgan fingerprint density at radius 1 is 0.946 bits per heavy atom. The molecule has 0 radical (unpaired) electrons. The summed E-state index contributed by atoms with van der Waals surface area (Å²) in [5, 5.41) is 5.59. The number of rotatable bonds is 8. The maximum absolute atomic E-state index is 12.4. The summed E-state index contributed by atoms with van der Waals surface area (Å²) < 4.78 is 7.24. The first kappa shape index (κ1) is 25.2. The zero-order chi connectivity index (χ0) is 25.9. The third-order valence-corrected chi connectivity index (χ3v) is 7.27. The summed E-state index contributed by atoms with van der Waals surface area (Å²) in [6.45, 7) is 9.54. The van der Waals surface area contributed by atoms with Gasteiger partial charge in [0.1, 0.15) is 17.7 Å². The van der Waals surface area contributed by atoms with Gasteiger partial charge in [0, 0.05) is 62.3 Å². The Morgan fingerprint density at radius 3 is 2.30 bits per heavy atom. The van der Waals surface area contributed by atoms with Gasteiger partial charge in [0.25, 0.3) is 0 Å². The molecule has 0 aliphatic carbocycles. The average molecular weight is 501 g/mol. The molecule has 1 saturated heterocycles. The van der Waals surface area contributed by atoms with Crippen LogP contribution in [0.1, 0.15) is 25.2 Å². The number of methoxy groups -OCH3 is 1. The number of nitrogens with one attached hydrogen (secondary N) is 1. The summed E-state index contributed by atoms with van der Waals surface area (Å²) >= 11 is 0. The number of aromatic nitrogens is 3. The predicted octanol–water partition coefficient (Wildman–Crippen LogP) is 4.05. The van der Waals surface area contributed by atoms with Crippen LogP contribution in [0.5, 0.6) is 0 Å². The van der Waals surface area contributed by atoms with Gasteiger partial charge in [-0.15, -0.1) is 0 Å². The summed E-state index contributed by atoms with van der Waals surface area (Å²) in [5.74, 6) is 1.20. The first-order valence-corrected chi connectivity index (χ1v) is 13.0. The fourth-order valence-electron chi connectivity index (χ4n) is 5.18. The molecule has 1 aliphatic heterocycles. The number of anilines is 1. The largest absolute Gasteiger partial charge is 0.467 e. The van der Waals surface area contributed by atoms with E-state index in [1.807, 2.05) is 38.1 Å². The van der Waals surface area contributed by atoms with E-state index < -0.39 is 6.04 Å². The molecule has 1 fully saturated rings. The van der Waals surface area contributed by atoms with E-state index >= 15 is 0 Å². The molecule has 0 saturated carbocycles. The van der Waals surface area contributed by atoms with Gasteiger partial charge in [-0.3, -0.25) is 9.80 Å². The number of fused-ring (bicyclic) bond motifs is 2. The van der Waals surface area contributed by atoms with E-state index in [4.69, 9.17) is 14.7 Å². The zero-order valence-electron chi connectivity index (χ0n) is 22.1. The third kappa shape index (κ3) is 5.45. The second-order valence-corrected chi connectivity index (χ2v) is 10.2. The van der Waals surface area contributed by atoms with E-state index in [0.717, 1.165) is 49.5 Å². The number of benzene rings is 2. The Labute approximate surface area is 218 Å². The van der Waals surface area contributed by atoms with Gasteiger partial charge in [0.05, 0.1) is 19.2 Å². The van der Waals surface area contributed by atoms with Crippen LogP contribution in [0.3, 0.4) is 0 Å². The van der Waals surface area contributed by atoms with Crippen molar-refractivity contribution in [3.63, 3.8) is 0 Å². The van der Waals surface area contributed by atoms with Crippen molar-refractivity contribution >= 4 is 33.6 Å². The molecule has 1 N–H and O–H groups in total. The number of aryl methyl sites for hydroxylation is 1. The molecule has 2 aromatic carbocycles. The van der Waals surface area contributed by atoms with Crippen molar-refractivity contribution in [2.24, 2.45) is 13.0 Å². The molecule has 0 bridgehead atoms. The third-order valence-electron chi connectivity index (χ3n) is 7.27. The van der Waals surface area contributed by atoms with Crippen LogP contribution in [0.2, 0.25) is 0 Å². The van der Waals surface area contributed by atoms with E-state index in [1.54, 1.807) is 0 Å². The van der Waals surface area contributed by atoms with Crippen LogP contribution in [0, 0.1) is 5.92 Å². The maximum Gasteiger partial charge on any atom is 0.328 e. The molecular weight excluding hydrogens is 464 g/mol. The average Bonchev–Trinajstić information content (AvgIpc) is 3.22. The van der Waals surface area contributed by atoms with Crippen molar-refractivity contribution in [2.75, 3.05) is 38.6 Å². The van der Waals surface area contributed by atoms with Crippen LogP contribution in [0.25, 0.3) is 21.8 Å². The standard InChI is InChI=1S/C29H36N6O2/c1-20(2)27(29(36)37-4)32-28-23-10-5-7-11-24(23)30-26(31-28)19-35-15-13-34(14-16-35)18-21-17-33(3)25-12-8-6-9-22(21)25/h5-12,17,20,27H,13-16,18-19H2,1-4H3,(H,30,31,32)/t27-/m0/s1. The van der Waals surface area contributed by atoms with Gasteiger partial charge in [-0.05, 0) is 29.7 Å². The van der Waals surface area contributed by atoms with Gasteiger partial charge in [0.15, 0.2) is 0 Å². The molecule has 8 heteroatoms. The quantitative estimate of drug-likeness (QED) is 0.366. The number of esters is 1. The molecule has 37 heavy (non-hydrogen) atoms. The van der Waals surface area contributed by atoms with Crippen molar-refractivity contribution in [1.29, 1.82) is 0 Å². The van der Waals surface area contributed by atoms with Crippen LogP contribution in [0.4, 0.5) is 5.82 Å². The van der Waals surface area contributed by atoms with Crippen molar-refractivity contribution in [2.45, 2.75) is 33.0 Å². The number of nitrogens with zero attached hydrogens (tertiary/aromatic N) is 5. The lowest BCUT2D eigenvalue weighted by Crippen LogP contribution is -2.45. The topological polar surface area (TPSA) is 75.5 Å². The lowest BCUT2D eigenvalue weighted by molar-refractivity contribution is -0.142. The van der Waals surface area contributed by atoms with Crippen molar-refractivity contribution in [1.82, 2.24) is 24.3 Å². The molecule has 2 aromatic heterocycles. The molecule has 0 unspecified atom stereocenters. The minimum atomic E-state index is -0.478. The van der Waals surface area contributed by atoms with Gasteiger partial charge >= 0.3 is 5.97 Å². The van der Waals surface area contributed by atoms with Crippen LogP contribution in [-0.2, 0) is 29.7 Å². The fourth-order valence-corrected chi connectivity index (χ4v) is 5.18. The van der Waals surface area contributed by atoms with Crippen LogP contribution in [0.15, 0.2) is 54.7 Å². The monoisotopic (exact) mass is 500 g/mol. The second-order valence-electron chi connectivity index (χ2n) is 10.2. The van der Waals surface area contributed by atoms with Crippen molar-refractivity contribution in [3.8, 4) is 0 Å². The summed E-state index contributed by atoms with van der Waals surface area (Å²) in [6.07, 6.45) is 2.26. The Hall–Kier alpha value is -3.49. The minimum absolute atomic E-state index is 0.0550. The molecular formula is C29H36N6O2. The van der Waals surface area contributed by atoms with Gasteiger partial charge in [-0.25, -0.2) is 14.8 Å². The predicted molar refractivity (Wildman–Crippen MR) is 147 cm³/mol. The number of ether oxygens (including phenoxy) is 1. The number of carbonyl (C=O) groups is 1. The lowest BCUT2D eigenvalue weighted by atomic mass is 10.0. The minimum Gasteiger partial charge on any atom is -0.467 e. The van der Waals surface area contributed by atoms with Gasteiger partial charge in [-0.2, -0.15) is 0 Å². The van der Waals surface area contributed by atoms with Crippen LogP contribution in [-0.4, -0.2) is 69.6 Å². The smallest absolute Gasteiger partial charge is 0.328 e. The summed E-state index contributed by atoms with van der Waals surface area (Å²) in [6, 6.07) is 16.1. The van der Waals surface area contributed by atoms with Gasteiger partial charge in [0.2, 0.25) is 0 Å². The highest BCUT2D eigenvalue weighted by molar-refractivity contribution is 5.91. The van der Waals surface area contributed by atoms with Crippen molar-refractivity contribution in [3.05, 3.63) is 66.1 Å². The number of hydrogen-bond acceptors (Lipinski definition) is 7. The molecule has 3 heterocycles. The van der Waals surface area contributed by atoms with Crippen LogP contribution < -0.4 is 5.32 Å². The Kier molecular flexibility index (Phi) is 7.39. The van der Waals surface area contributed by atoms with E-state index in [0.29, 0.717) is 12.4 Å². The van der Waals surface area contributed by atoms with E-state index in [9.17, 15) is 4.79 Å². The number of piperazine rings is 1. The lowest BCUT2D eigenvalue weighted by Gasteiger charge is -2.34. The molecule has 194 valence electrons.